The first-order valence-electron chi connectivity index (χ1n) is 5.53. The van der Waals surface area contributed by atoms with E-state index in [2.05, 4.69) is 14.9 Å². The van der Waals surface area contributed by atoms with Gasteiger partial charge in [0.1, 0.15) is 0 Å². The molecule has 2 N–H and O–H groups in total. The minimum atomic E-state index is 0.558. The third kappa shape index (κ3) is 1.53. The minimum Gasteiger partial charge on any atom is -0.422 e. The number of aromatic nitrogens is 2. The molecule has 1 fully saturated rings. The van der Waals surface area contributed by atoms with Crippen molar-refractivity contribution in [3.63, 3.8) is 0 Å². The molecule has 2 aromatic heterocycles. The Kier molecular flexibility index (Phi) is 2.25. The predicted octanol–water partition coefficient (Wildman–Crippen LogP) is 1.01. The van der Waals surface area contributed by atoms with Crippen LogP contribution in [0.3, 0.4) is 0 Å². The molecule has 0 aromatic carbocycles. The summed E-state index contributed by atoms with van der Waals surface area (Å²) in [5.41, 5.74) is 7.08. The van der Waals surface area contributed by atoms with E-state index in [1.807, 2.05) is 12.1 Å². The van der Waals surface area contributed by atoms with Crippen molar-refractivity contribution in [3.05, 3.63) is 18.3 Å². The highest BCUT2D eigenvalue weighted by Gasteiger charge is 2.24. The van der Waals surface area contributed by atoms with E-state index in [4.69, 9.17) is 10.2 Å². The van der Waals surface area contributed by atoms with Gasteiger partial charge >= 0.3 is 0 Å². The Hall–Kier alpha value is -1.62. The van der Waals surface area contributed by atoms with Crippen LogP contribution in [0.5, 0.6) is 0 Å². The molecule has 0 bridgehead atoms. The Bertz CT molecular complexity index is 462. The molecule has 1 aliphatic rings. The fraction of sp³-hybridized carbons (Fsp3) is 0.455. The number of rotatable bonds is 2. The first-order chi connectivity index (χ1) is 7.86. The fourth-order valence-corrected chi connectivity index (χ4v) is 2.09. The van der Waals surface area contributed by atoms with E-state index >= 15 is 0 Å². The van der Waals surface area contributed by atoms with E-state index in [-0.39, 0.29) is 0 Å². The van der Waals surface area contributed by atoms with Crippen molar-refractivity contribution in [2.24, 2.45) is 11.7 Å². The van der Waals surface area contributed by atoms with Crippen LogP contribution < -0.4 is 10.6 Å². The zero-order chi connectivity index (χ0) is 11.0. The van der Waals surface area contributed by atoms with E-state index in [1.165, 1.54) is 0 Å². The standard InChI is InChI=1S/C11H14N4O/c12-6-8-3-5-15(7-8)11-14-10-9(16-11)2-1-4-13-10/h1-2,4,8H,3,5-7,12H2. The van der Waals surface area contributed by atoms with E-state index in [9.17, 15) is 0 Å². The highest BCUT2D eigenvalue weighted by atomic mass is 16.4. The topological polar surface area (TPSA) is 68.2 Å². The minimum absolute atomic E-state index is 0.558. The Morgan fingerprint density at radius 2 is 2.50 bits per heavy atom. The lowest BCUT2D eigenvalue weighted by Gasteiger charge is -2.12. The summed E-state index contributed by atoms with van der Waals surface area (Å²) in [6.45, 7) is 2.63. The van der Waals surface area contributed by atoms with Gasteiger partial charge in [-0.1, -0.05) is 0 Å². The molecule has 0 saturated carbocycles. The summed E-state index contributed by atoms with van der Waals surface area (Å²) in [4.78, 5) is 10.7. The predicted molar refractivity (Wildman–Crippen MR) is 61.2 cm³/mol. The first-order valence-corrected chi connectivity index (χ1v) is 5.53. The summed E-state index contributed by atoms with van der Waals surface area (Å²) < 4.78 is 5.66. The molecule has 5 nitrogen and oxygen atoms in total. The largest absolute Gasteiger partial charge is 0.422 e. The average Bonchev–Trinajstić information content (AvgIpc) is 2.95. The van der Waals surface area contributed by atoms with E-state index in [1.54, 1.807) is 6.20 Å². The summed E-state index contributed by atoms with van der Waals surface area (Å²) in [5.74, 6) is 0.558. The second-order valence-corrected chi connectivity index (χ2v) is 4.16. The summed E-state index contributed by atoms with van der Waals surface area (Å²) in [7, 11) is 0. The van der Waals surface area contributed by atoms with Gasteiger partial charge in [-0.15, -0.1) is 0 Å². The van der Waals surface area contributed by atoms with Crippen molar-refractivity contribution in [2.45, 2.75) is 6.42 Å². The van der Waals surface area contributed by atoms with Crippen LogP contribution in [0.1, 0.15) is 6.42 Å². The molecule has 0 spiro atoms. The summed E-state index contributed by atoms with van der Waals surface area (Å²) in [6, 6.07) is 4.41. The van der Waals surface area contributed by atoms with Crippen LogP contribution in [-0.2, 0) is 0 Å². The lowest BCUT2D eigenvalue weighted by Crippen LogP contribution is -2.22. The second kappa shape index (κ2) is 3.75. The summed E-state index contributed by atoms with van der Waals surface area (Å²) in [5, 5.41) is 0. The molecular weight excluding hydrogens is 204 g/mol. The molecule has 3 rings (SSSR count). The normalized spacial score (nSPS) is 20.8. The van der Waals surface area contributed by atoms with Gasteiger partial charge in [0, 0.05) is 19.3 Å². The molecule has 1 aliphatic heterocycles. The Balaban J connectivity index is 1.89. The smallest absolute Gasteiger partial charge is 0.299 e. The van der Waals surface area contributed by atoms with Gasteiger partial charge < -0.3 is 15.1 Å². The number of fused-ring (bicyclic) bond motifs is 1. The number of hydrogen-bond acceptors (Lipinski definition) is 5. The molecule has 3 heterocycles. The molecule has 0 amide bonds. The first kappa shape index (κ1) is 9.59. The molecule has 1 saturated heterocycles. The van der Waals surface area contributed by atoms with Crippen LogP contribution in [0.15, 0.2) is 22.7 Å². The number of nitrogens with zero attached hydrogens (tertiary/aromatic N) is 3. The third-order valence-electron chi connectivity index (χ3n) is 3.04. The molecular formula is C11H14N4O. The molecule has 5 heteroatoms. The average molecular weight is 218 g/mol. The Morgan fingerprint density at radius 1 is 1.56 bits per heavy atom. The number of nitrogens with two attached hydrogens (primary N) is 1. The highest BCUT2D eigenvalue weighted by molar-refractivity contribution is 5.69. The molecule has 2 aromatic rings. The second-order valence-electron chi connectivity index (χ2n) is 4.16. The van der Waals surface area contributed by atoms with Crippen molar-refractivity contribution >= 4 is 17.2 Å². The van der Waals surface area contributed by atoms with Crippen molar-refractivity contribution in [1.29, 1.82) is 0 Å². The van der Waals surface area contributed by atoms with E-state index < -0.39 is 0 Å². The molecule has 84 valence electrons. The number of anilines is 1. The maximum atomic E-state index is 5.66. The Labute approximate surface area is 93.3 Å². The third-order valence-corrected chi connectivity index (χ3v) is 3.04. The van der Waals surface area contributed by atoms with Crippen LogP contribution in [-0.4, -0.2) is 29.6 Å². The van der Waals surface area contributed by atoms with Gasteiger partial charge in [-0.2, -0.15) is 4.98 Å². The number of pyridine rings is 1. The van der Waals surface area contributed by atoms with Crippen molar-refractivity contribution in [3.8, 4) is 0 Å². The molecule has 1 unspecified atom stereocenters. The Morgan fingerprint density at radius 3 is 3.25 bits per heavy atom. The van der Waals surface area contributed by atoms with Crippen molar-refractivity contribution < 1.29 is 4.42 Å². The van der Waals surface area contributed by atoms with Gasteiger partial charge in [0.15, 0.2) is 5.58 Å². The zero-order valence-electron chi connectivity index (χ0n) is 8.97. The van der Waals surface area contributed by atoms with Gasteiger partial charge in [0.25, 0.3) is 6.01 Å². The molecule has 16 heavy (non-hydrogen) atoms. The fourth-order valence-electron chi connectivity index (χ4n) is 2.09. The van der Waals surface area contributed by atoms with Crippen LogP contribution in [0.2, 0.25) is 0 Å². The van der Waals surface area contributed by atoms with E-state index in [0.717, 1.165) is 31.6 Å². The molecule has 0 radical (unpaired) electrons. The lowest BCUT2D eigenvalue weighted by molar-refractivity contribution is 0.569. The van der Waals surface area contributed by atoms with Crippen LogP contribution in [0.25, 0.3) is 11.2 Å². The molecule has 1 atom stereocenters. The SMILES string of the molecule is NCC1CCN(c2nc3ncccc3o2)C1. The zero-order valence-corrected chi connectivity index (χ0v) is 8.97. The van der Waals surface area contributed by atoms with Crippen molar-refractivity contribution in [2.75, 3.05) is 24.5 Å². The van der Waals surface area contributed by atoms with Crippen LogP contribution in [0, 0.1) is 5.92 Å². The summed E-state index contributed by atoms with van der Waals surface area (Å²) in [6.07, 6.45) is 2.84. The van der Waals surface area contributed by atoms with Gasteiger partial charge in [-0.3, -0.25) is 0 Å². The van der Waals surface area contributed by atoms with Crippen molar-refractivity contribution in [1.82, 2.24) is 9.97 Å². The lowest BCUT2D eigenvalue weighted by atomic mass is 10.1. The quantitative estimate of drug-likeness (QED) is 0.814. The van der Waals surface area contributed by atoms with Gasteiger partial charge in [0.2, 0.25) is 5.65 Å². The van der Waals surface area contributed by atoms with E-state index in [0.29, 0.717) is 17.6 Å². The van der Waals surface area contributed by atoms with Gasteiger partial charge in [-0.25, -0.2) is 4.98 Å². The molecule has 0 aliphatic carbocycles. The number of oxazole rings is 1. The maximum Gasteiger partial charge on any atom is 0.299 e. The number of hydrogen-bond donors (Lipinski definition) is 1. The highest BCUT2D eigenvalue weighted by Crippen LogP contribution is 2.25. The van der Waals surface area contributed by atoms with Gasteiger partial charge in [0.05, 0.1) is 0 Å². The van der Waals surface area contributed by atoms with Crippen LogP contribution >= 0.6 is 0 Å². The summed E-state index contributed by atoms with van der Waals surface area (Å²) >= 11 is 0. The van der Waals surface area contributed by atoms with Crippen LogP contribution in [0.4, 0.5) is 6.01 Å². The maximum absolute atomic E-state index is 5.66. The van der Waals surface area contributed by atoms with Gasteiger partial charge in [-0.05, 0) is 31.0 Å². The monoisotopic (exact) mass is 218 g/mol.